The molecule has 9 aromatic carbocycles. The van der Waals surface area contributed by atoms with Gasteiger partial charge in [0.25, 0.3) is 0 Å². The van der Waals surface area contributed by atoms with Crippen LogP contribution in [0.15, 0.2) is 207 Å². The molecule has 0 N–H and O–H groups in total. The van der Waals surface area contributed by atoms with Crippen LogP contribution in [0.4, 0.5) is 0 Å². The summed E-state index contributed by atoms with van der Waals surface area (Å²) < 4.78 is 19.3. The molecule has 4 heterocycles. The van der Waals surface area contributed by atoms with Crippen LogP contribution in [0, 0.1) is 0 Å². The molecule has 0 fully saturated rings. The number of nitrogens with zero attached hydrogens (tertiary/aromatic N) is 4. The minimum atomic E-state index is 0.553. The highest BCUT2D eigenvalue weighted by atomic mass is 16.4. The van der Waals surface area contributed by atoms with Crippen LogP contribution in [-0.4, -0.2) is 19.9 Å². The van der Waals surface area contributed by atoms with Crippen molar-refractivity contribution in [3.8, 4) is 67.9 Å². The standard InChI is InChI=1S/C56H32N4O3/c1-3-11-33(12-4-1)36-15-9-17-39(29-36)53-58-54(40-18-10-16-37(30-40)38-23-25-43-42-19-7-8-20-46(42)61-49(43)32-38)60-55(59-53)41-22-21-34-24-27-47-50(44(34)31-41)51-48(62-47)28-26-45-52(51)63-56(57-45)35-13-5-2-6-14-35/h1-32H. The first kappa shape index (κ1) is 35.1. The first-order valence-corrected chi connectivity index (χ1v) is 20.9. The summed E-state index contributed by atoms with van der Waals surface area (Å²) in [7, 11) is 0. The second-order valence-electron chi connectivity index (χ2n) is 15.8. The molecule has 0 unspecified atom stereocenters. The molecule has 0 radical (unpaired) electrons. The van der Waals surface area contributed by atoms with E-state index in [1.165, 1.54) is 0 Å². The molecule has 0 aliphatic heterocycles. The van der Waals surface area contributed by atoms with Crippen molar-refractivity contribution < 1.29 is 13.3 Å². The van der Waals surface area contributed by atoms with Crippen molar-refractivity contribution in [2.45, 2.75) is 0 Å². The molecule has 7 heteroatoms. The number of aromatic nitrogens is 4. The number of hydrogen-bond donors (Lipinski definition) is 0. The molecule has 0 bridgehead atoms. The molecule has 13 rings (SSSR count). The van der Waals surface area contributed by atoms with Crippen LogP contribution in [0.3, 0.4) is 0 Å². The fraction of sp³-hybridized carbons (Fsp3) is 0. The highest BCUT2D eigenvalue weighted by Crippen LogP contribution is 2.41. The van der Waals surface area contributed by atoms with Gasteiger partial charge in [-0.1, -0.05) is 127 Å². The van der Waals surface area contributed by atoms with Crippen LogP contribution in [0.1, 0.15) is 0 Å². The Labute approximate surface area is 359 Å². The maximum absolute atomic E-state index is 6.54. The van der Waals surface area contributed by atoms with Crippen molar-refractivity contribution in [3.63, 3.8) is 0 Å². The highest BCUT2D eigenvalue weighted by molar-refractivity contribution is 6.25. The van der Waals surface area contributed by atoms with Crippen LogP contribution in [0.25, 0.3) is 134 Å². The van der Waals surface area contributed by atoms with Gasteiger partial charge in [-0.2, -0.15) is 0 Å². The van der Waals surface area contributed by atoms with Crippen LogP contribution in [-0.2, 0) is 0 Å². The van der Waals surface area contributed by atoms with E-state index < -0.39 is 0 Å². The molecule has 0 aliphatic rings. The zero-order valence-electron chi connectivity index (χ0n) is 33.5. The number of hydrogen-bond acceptors (Lipinski definition) is 7. The Morgan fingerprint density at radius 2 is 0.825 bits per heavy atom. The lowest BCUT2D eigenvalue weighted by atomic mass is 10.00. The lowest BCUT2D eigenvalue weighted by Crippen LogP contribution is -2.00. The van der Waals surface area contributed by atoms with E-state index in [4.69, 9.17) is 33.2 Å². The molecular weight excluding hydrogens is 777 g/mol. The maximum Gasteiger partial charge on any atom is 0.227 e. The first-order valence-electron chi connectivity index (χ1n) is 20.9. The summed E-state index contributed by atoms with van der Waals surface area (Å²) in [4.78, 5) is 20.5. The summed E-state index contributed by atoms with van der Waals surface area (Å²) in [5.41, 5.74) is 12.4. The first-order chi connectivity index (χ1) is 31.2. The topological polar surface area (TPSA) is 91.0 Å². The van der Waals surface area contributed by atoms with Gasteiger partial charge in [-0.3, -0.25) is 0 Å². The molecule has 7 nitrogen and oxygen atoms in total. The second kappa shape index (κ2) is 13.9. The third-order valence-corrected chi connectivity index (χ3v) is 11.9. The van der Waals surface area contributed by atoms with E-state index in [0.717, 1.165) is 105 Å². The van der Waals surface area contributed by atoms with Crippen molar-refractivity contribution in [3.05, 3.63) is 194 Å². The van der Waals surface area contributed by atoms with E-state index >= 15 is 0 Å². The van der Waals surface area contributed by atoms with E-state index in [-0.39, 0.29) is 0 Å². The van der Waals surface area contributed by atoms with Gasteiger partial charge >= 0.3 is 0 Å². The van der Waals surface area contributed by atoms with Crippen molar-refractivity contribution in [1.82, 2.24) is 19.9 Å². The van der Waals surface area contributed by atoms with E-state index in [1.807, 2.05) is 72.8 Å². The molecule has 294 valence electrons. The summed E-state index contributed by atoms with van der Waals surface area (Å²) in [5, 5.41) is 6.07. The molecule has 4 aromatic heterocycles. The SMILES string of the molecule is c1ccc(-c2cccc(-c3nc(-c4cccc(-c5ccc6c(c5)oc5ccccc56)c4)nc(-c4ccc5ccc6oc7ccc8nc(-c9ccccc9)oc8c7c6c5c4)n3)c2)cc1. The number of furan rings is 2. The lowest BCUT2D eigenvalue weighted by molar-refractivity contribution is 0.622. The number of oxazole rings is 1. The van der Waals surface area contributed by atoms with Crippen LogP contribution in [0.5, 0.6) is 0 Å². The third kappa shape index (κ3) is 5.90. The minimum absolute atomic E-state index is 0.553. The Morgan fingerprint density at radius 1 is 0.286 bits per heavy atom. The Hall–Kier alpha value is -8.68. The number of benzene rings is 9. The molecule has 0 spiro atoms. The Kier molecular flexibility index (Phi) is 7.77. The van der Waals surface area contributed by atoms with Crippen molar-refractivity contribution in [1.29, 1.82) is 0 Å². The average molecular weight is 809 g/mol. The molecular formula is C56H32N4O3. The zero-order chi connectivity index (χ0) is 41.4. The normalized spacial score (nSPS) is 11.8. The molecule has 0 saturated carbocycles. The average Bonchev–Trinajstić information content (AvgIpc) is 4.08. The Balaban J connectivity index is 0.989. The largest absolute Gasteiger partial charge is 0.456 e. The van der Waals surface area contributed by atoms with Gasteiger partial charge in [-0.15, -0.1) is 0 Å². The Bertz CT molecular complexity index is 3920. The van der Waals surface area contributed by atoms with Gasteiger partial charge in [0.15, 0.2) is 23.1 Å². The van der Waals surface area contributed by atoms with E-state index in [2.05, 4.69) is 121 Å². The summed E-state index contributed by atoms with van der Waals surface area (Å²) in [5.74, 6) is 2.26. The van der Waals surface area contributed by atoms with E-state index in [9.17, 15) is 0 Å². The van der Waals surface area contributed by atoms with Crippen molar-refractivity contribution in [2.24, 2.45) is 0 Å². The predicted octanol–water partition coefficient (Wildman–Crippen LogP) is 15.0. The lowest BCUT2D eigenvalue weighted by Gasteiger charge is -2.11. The van der Waals surface area contributed by atoms with Gasteiger partial charge in [-0.25, -0.2) is 19.9 Å². The maximum atomic E-state index is 6.54. The van der Waals surface area contributed by atoms with Gasteiger partial charge in [0, 0.05) is 38.4 Å². The van der Waals surface area contributed by atoms with Crippen LogP contribution < -0.4 is 0 Å². The van der Waals surface area contributed by atoms with Crippen molar-refractivity contribution >= 4 is 65.7 Å². The second-order valence-corrected chi connectivity index (χ2v) is 15.8. The van der Waals surface area contributed by atoms with Gasteiger partial charge in [0.1, 0.15) is 27.8 Å². The fourth-order valence-corrected chi connectivity index (χ4v) is 8.87. The summed E-state index contributed by atoms with van der Waals surface area (Å²) in [6, 6.07) is 66.0. The number of para-hydroxylation sites is 1. The number of fused-ring (bicyclic) bond motifs is 10. The van der Waals surface area contributed by atoms with E-state index in [1.54, 1.807) is 0 Å². The predicted molar refractivity (Wildman–Crippen MR) is 252 cm³/mol. The minimum Gasteiger partial charge on any atom is -0.456 e. The summed E-state index contributed by atoms with van der Waals surface area (Å²) >= 11 is 0. The third-order valence-electron chi connectivity index (χ3n) is 11.9. The smallest absolute Gasteiger partial charge is 0.227 e. The van der Waals surface area contributed by atoms with Crippen LogP contribution in [0.2, 0.25) is 0 Å². The van der Waals surface area contributed by atoms with Crippen molar-refractivity contribution in [2.75, 3.05) is 0 Å². The van der Waals surface area contributed by atoms with Gasteiger partial charge in [-0.05, 0) is 99.8 Å². The van der Waals surface area contributed by atoms with Crippen LogP contribution >= 0.6 is 0 Å². The highest BCUT2D eigenvalue weighted by Gasteiger charge is 2.20. The zero-order valence-corrected chi connectivity index (χ0v) is 33.5. The van der Waals surface area contributed by atoms with Gasteiger partial charge in [0.05, 0.1) is 5.39 Å². The summed E-state index contributed by atoms with van der Waals surface area (Å²) in [6.07, 6.45) is 0. The number of rotatable bonds is 6. The summed E-state index contributed by atoms with van der Waals surface area (Å²) in [6.45, 7) is 0. The van der Waals surface area contributed by atoms with Gasteiger partial charge < -0.3 is 13.3 Å². The van der Waals surface area contributed by atoms with E-state index in [0.29, 0.717) is 28.9 Å². The molecule has 0 saturated heterocycles. The van der Waals surface area contributed by atoms with Gasteiger partial charge in [0.2, 0.25) is 5.89 Å². The quantitative estimate of drug-likeness (QED) is 0.165. The molecule has 63 heavy (non-hydrogen) atoms. The monoisotopic (exact) mass is 808 g/mol. The Morgan fingerprint density at radius 3 is 1.59 bits per heavy atom. The fourth-order valence-electron chi connectivity index (χ4n) is 8.87. The molecule has 0 atom stereocenters. The molecule has 0 amide bonds. The molecule has 0 aliphatic carbocycles. The molecule has 13 aromatic rings.